The van der Waals surface area contributed by atoms with Gasteiger partial charge in [-0.05, 0) is 208 Å². The summed E-state index contributed by atoms with van der Waals surface area (Å²) in [7, 11) is 0. The first-order chi connectivity index (χ1) is 50.6. The second-order valence-corrected chi connectivity index (χ2v) is 28.0. The summed E-state index contributed by atoms with van der Waals surface area (Å²) in [6.45, 7) is 0. The van der Waals surface area contributed by atoms with Crippen LogP contribution in [0.3, 0.4) is 0 Å². The summed E-state index contributed by atoms with van der Waals surface area (Å²) in [6.07, 6.45) is 9.81. The standard InChI is InChI=1S/C96H68N4S2/c1-5-19-75(20-6-1)97(76-21-7-2-8-22-76)79-51-35-67(36-52-79)69-39-55-81(56-40-69)99(85-63-47-73(48-64-85)87-29-17-31-91-89-27-13-15-33-93(89)101-95(87)91)83-59-43-71(44-60-83)72-45-61-84(62-46-72)100(86-65-49-74(50-66-86)88-30-18-32-92-90-28-14-16-34-94(90)102-96(88)92)82-57-41-70(42-58-82)68-37-53-80(54-38-68)98(77-23-9-3-10-24-77)78-25-11-4-12-26-78/h1-25,27-66,78H,26H2. The van der Waals surface area contributed by atoms with Gasteiger partial charge >= 0.3 is 0 Å². The van der Waals surface area contributed by atoms with Crippen molar-refractivity contribution in [1.82, 2.24) is 0 Å². The summed E-state index contributed by atoms with van der Waals surface area (Å²) >= 11 is 3.74. The van der Waals surface area contributed by atoms with Gasteiger partial charge in [0.2, 0.25) is 0 Å². The molecule has 1 unspecified atom stereocenters. The molecule has 102 heavy (non-hydrogen) atoms. The predicted octanol–water partition coefficient (Wildman–Crippen LogP) is 28.2. The summed E-state index contributed by atoms with van der Waals surface area (Å²) in [5, 5.41) is 5.21. The molecule has 0 spiro atoms. The first kappa shape index (κ1) is 61.7. The minimum absolute atomic E-state index is 0.236. The zero-order valence-electron chi connectivity index (χ0n) is 55.9. The number of para-hydroxylation sites is 3. The molecule has 0 saturated carbocycles. The number of allylic oxidation sites excluding steroid dienone is 2. The molecule has 0 fully saturated rings. The Kier molecular flexibility index (Phi) is 16.5. The Labute approximate surface area is 603 Å². The summed E-state index contributed by atoms with van der Waals surface area (Å²) in [5.41, 5.74) is 23.9. The zero-order chi connectivity index (χ0) is 67.7. The lowest BCUT2D eigenvalue weighted by atomic mass is 10.0. The molecule has 17 aromatic rings. The first-order valence-corrected chi connectivity index (χ1v) is 36.5. The van der Waals surface area contributed by atoms with E-state index in [0.717, 1.165) is 85.4 Å². The van der Waals surface area contributed by atoms with Gasteiger partial charge in [0.1, 0.15) is 0 Å². The van der Waals surface area contributed by atoms with Crippen molar-refractivity contribution < 1.29 is 0 Å². The van der Waals surface area contributed by atoms with Crippen molar-refractivity contribution in [2.75, 3.05) is 19.6 Å². The van der Waals surface area contributed by atoms with E-state index in [1.807, 2.05) is 22.7 Å². The van der Waals surface area contributed by atoms with Crippen LogP contribution in [0.4, 0.5) is 62.6 Å². The molecule has 0 aliphatic heterocycles. The molecule has 0 saturated heterocycles. The van der Waals surface area contributed by atoms with E-state index in [2.05, 4.69) is 414 Å². The third-order valence-electron chi connectivity index (χ3n) is 19.8. The lowest BCUT2D eigenvalue weighted by molar-refractivity contribution is 0.785. The fraction of sp³-hybridized carbons (Fsp3) is 0.0208. The van der Waals surface area contributed by atoms with E-state index in [0.29, 0.717) is 0 Å². The van der Waals surface area contributed by atoms with Crippen LogP contribution in [0.25, 0.3) is 96.0 Å². The highest BCUT2D eigenvalue weighted by Crippen LogP contribution is 2.46. The van der Waals surface area contributed by atoms with Crippen molar-refractivity contribution in [3.05, 3.63) is 394 Å². The second-order valence-electron chi connectivity index (χ2n) is 25.9. The number of benzene rings is 15. The smallest absolute Gasteiger partial charge is 0.0559 e. The van der Waals surface area contributed by atoms with Gasteiger partial charge in [0.25, 0.3) is 0 Å². The Balaban J connectivity index is 0.663. The first-order valence-electron chi connectivity index (χ1n) is 34.9. The van der Waals surface area contributed by atoms with E-state index < -0.39 is 0 Å². The van der Waals surface area contributed by atoms with Crippen LogP contribution in [0.5, 0.6) is 0 Å². The van der Waals surface area contributed by atoms with Gasteiger partial charge in [0.05, 0.1) is 6.04 Å². The highest BCUT2D eigenvalue weighted by molar-refractivity contribution is 7.26. The van der Waals surface area contributed by atoms with Crippen LogP contribution in [0, 0.1) is 0 Å². The largest absolute Gasteiger partial charge is 0.334 e. The highest BCUT2D eigenvalue weighted by atomic mass is 32.1. The van der Waals surface area contributed by atoms with E-state index in [1.54, 1.807) is 0 Å². The third kappa shape index (κ3) is 12.0. The fourth-order valence-corrected chi connectivity index (χ4v) is 17.2. The minimum atomic E-state index is 0.236. The molecule has 2 aromatic heterocycles. The number of hydrogen-bond donors (Lipinski definition) is 0. The number of fused-ring (bicyclic) bond motifs is 6. The number of nitrogens with zero attached hydrogens (tertiary/aromatic N) is 4. The molecule has 1 atom stereocenters. The molecule has 0 bridgehead atoms. The van der Waals surface area contributed by atoms with Crippen LogP contribution < -0.4 is 19.6 Å². The Morgan fingerprint density at radius 3 is 0.804 bits per heavy atom. The molecule has 0 N–H and O–H groups in total. The molecule has 4 nitrogen and oxygen atoms in total. The number of thiophene rings is 2. The second kappa shape index (κ2) is 27.3. The van der Waals surface area contributed by atoms with Gasteiger partial charge in [-0.3, -0.25) is 0 Å². The lowest BCUT2D eigenvalue weighted by Gasteiger charge is -2.32. The van der Waals surface area contributed by atoms with Crippen LogP contribution in [0.15, 0.2) is 394 Å². The third-order valence-corrected chi connectivity index (χ3v) is 22.2. The van der Waals surface area contributed by atoms with E-state index >= 15 is 0 Å². The van der Waals surface area contributed by atoms with Crippen LogP contribution in [0.1, 0.15) is 6.42 Å². The summed E-state index contributed by atoms with van der Waals surface area (Å²) in [4.78, 5) is 9.50. The Hall–Kier alpha value is -12.6. The van der Waals surface area contributed by atoms with E-state index in [1.165, 1.54) is 79.5 Å². The molecule has 0 radical (unpaired) electrons. The SMILES string of the molecule is C1=CCC(N(c2ccccc2)c2ccc(-c3ccc(N(c4ccc(-c5ccc(N(c6ccc(-c7ccc(N(c8ccccc8)c8ccccc8)cc7)cc6)c6ccc(-c7cccc8c7sc7ccccc78)cc6)cc5)cc4)c4ccc(-c5cccc6c5sc5ccccc56)cc4)cc3)cc2)C=C1. The van der Waals surface area contributed by atoms with Gasteiger partial charge < -0.3 is 19.6 Å². The minimum Gasteiger partial charge on any atom is -0.334 e. The van der Waals surface area contributed by atoms with Crippen LogP contribution in [-0.4, -0.2) is 6.04 Å². The Bertz CT molecular complexity index is 5810. The van der Waals surface area contributed by atoms with Crippen molar-refractivity contribution in [2.24, 2.45) is 0 Å². The van der Waals surface area contributed by atoms with Crippen LogP contribution >= 0.6 is 22.7 Å². The molecule has 1 aliphatic rings. The summed E-state index contributed by atoms with van der Waals surface area (Å²) < 4.78 is 5.24. The maximum Gasteiger partial charge on any atom is 0.0559 e. The summed E-state index contributed by atoms with van der Waals surface area (Å²) in [5.74, 6) is 0. The van der Waals surface area contributed by atoms with Gasteiger partial charge in [0.15, 0.2) is 0 Å². The van der Waals surface area contributed by atoms with Crippen molar-refractivity contribution in [3.8, 4) is 55.6 Å². The van der Waals surface area contributed by atoms with E-state index in [-0.39, 0.29) is 6.04 Å². The fourth-order valence-electron chi connectivity index (χ4n) is 14.7. The molecular weight excluding hydrogens is 1270 g/mol. The van der Waals surface area contributed by atoms with E-state index in [9.17, 15) is 0 Å². The van der Waals surface area contributed by atoms with Crippen molar-refractivity contribution in [1.29, 1.82) is 0 Å². The van der Waals surface area contributed by atoms with Crippen molar-refractivity contribution >= 4 is 126 Å². The molecule has 2 heterocycles. The van der Waals surface area contributed by atoms with Crippen molar-refractivity contribution in [3.63, 3.8) is 0 Å². The van der Waals surface area contributed by atoms with Gasteiger partial charge in [-0.1, -0.05) is 249 Å². The Morgan fingerprint density at radius 1 is 0.216 bits per heavy atom. The molecule has 484 valence electrons. The molecule has 0 amide bonds. The van der Waals surface area contributed by atoms with Crippen LogP contribution in [-0.2, 0) is 0 Å². The average molecular weight is 1340 g/mol. The maximum absolute atomic E-state index is 2.44. The molecular formula is C96H68N4S2. The maximum atomic E-state index is 2.44. The normalized spacial score (nSPS) is 12.7. The summed E-state index contributed by atoms with van der Waals surface area (Å²) in [6, 6.07) is 135. The Morgan fingerprint density at radius 2 is 0.480 bits per heavy atom. The average Bonchev–Trinajstić information content (AvgIpc) is 1.56. The van der Waals surface area contributed by atoms with Gasteiger partial charge in [-0.15, -0.1) is 22.7 Å². The number of hydrogen-bond acceptors (Lipinski definition) is 6. The van der Waals surface area contributed by atoms with Crippen molar-refractivity contribution in [2.45, 2.75) is 12.5 Å². The lowest BCUT2D eigenvalue weighted by Crippen LogP contribution is -2.29. The monoisotopic (exact) mass is 1340 g/mol. The van der Waals surface area contributed by atoms with Gasteiger partial charge in [0, 0.05) is 103 Å². The quantitative estimate of drug-likeness (QED) is 0.0901. The predicted molar refractivity (Wildman–Crippen MR) is 439 cm³/mol. The molecule has 15 aromatic carbocycles. The molecule has 18 rings (SSSR count). The highest BCUT2D eigenvalue weighted by Gasteiger charge is 2.22. The van der Waals surface area contributed by atoms with E-state index in [4.69, 9.17) is 0 Å². The zero-order valence-corrected chi connectivity index (χ0v) is 57.6. The van der Waals surface area contributed by atoms with Crippen LogP contribution in [0.2, 0.25) is 0 Å². The molecule has 6 heteroatoms. The number of anilines is 11. The molecule has 1 aliphatic carbocycles. The topological polar surface area (TPSA) is 13.0 Å². The number of rotatable bonds is 17. The van der Waals surface area contributed by atoms with Gasteiger partial charge in [-0.25, -0.2) is 0 Å². The van der Waals surface area contributed by atoms with Gasteiger partial charge in [-0.2, -0.15) is 0 Å².